The number of nitrogens with one attached hydrogen (secondary N) is 2. The lowest BCUT2D eigenvalue weighted by Crippen LogP contribution is -2.42. The Morgan fingerprint density at radius 1 is 1.39 bits per heavy atom. The second-order valence-corrected chi connectivity index (χ2v) is 7.27. The van der Waals surface area contributed by atoms with Crippen molar-refractivity contribution in [3.63, 3.8) is 0 Å². The molecule has 1 amide bonds. The number of carbonyl (C=O) groups excluding carboxylic acids is 1. The maximum Gasteiger partial charge on any atom is 0.251 e. The second kappa shape index (κ2) is 7.92. The number of nitriles is 1. The van der Waals surface area contributed by atoms with Crippen molar-refractivity contribution < 1.29 is 19.7 Å². The van der Waals surface area contributed by atoms with Gasteiger partial charge in [0.2, 0.25) is 5.60 Å². The first-order valence-corrected chi connectivity index (χ1v) is 9.56. The number of benzene rings is 1. The zero-order chi connectivity index (χ0) is 22.2. The number of hydrogen-bond acceptors (Lipinski definition) is 9. The van der Waals surface area contributed by atoms with Crippen LogP contribution in [0.2, 0.25) is 0 Å². The van der Waals surface area contributed by atoms with Crippen LogP contribution in [0.1, 0.15) is 16.8 Å². The van der Waals surface area contributed by atoms with Gasteiger partial charge in [-0.1, -0.05) is 29.8 Å². The van der Waals surface area contributed by atoms with E-state index in [4.69, 9.17) is 4.74 Å². The summed E-state index contributed by atoms with van der Waals surface area (Å²) >= 11 is 0. The van der Waals surface area contributed by atoms with Gasteiger partial charge in [-0.15, -0.1) is 0 Å². The van der Waals surface area contributed by atoms with Gasteiger partial charge in [0.1, 0.15) is 30.3 Å². The summed E-state index contributed by atoms with van der Waals surface area (Å²) in [5.41, 5.74) is 0.501. The van der Waals surface area contributed by atoms with Crippen molar-refractivity contribution in [2.45, 2.75) is 37.4 Å². The standard InChI is InChI=1S/C20H21N7O4/c1-11-4-3-5-12(6-11)7-23-17-18-24-8-13(27(18)26-10-25-17)20(9-21)16(29)14(28)15(31-20)19(30)22-2/h3-6,8,10,14-16,28-29H,7H2,1-2H3,(H,22,30)(H,23,25,26). The van der Waals surface area contributed by atoms with Gasteiger partial charge < -0.3 is 25.6 Å². The van der Waals surface area contributed by atoms with Crippen molar-refractivity contribution in [2.24, 2.45) is 0 Å². The molecule has 2 aromatic heterocycles. The number of aryl methyl sites for hydroxylation is 1. The lowest BCUT2D eigenvalue weighted by atomic mass is 9.93. The topological polar surface area (TPSA) is 158 Å². The molecule has 0 bridgehead atoms. The quantitative estimate of drug-likeness (QED) is 0.430. The van der Waals surface area contributed by atoms with Crippen molar-refractivity contribution >= 4 is 17.4 Å². The van der Waals surface area contributed by atoms with Crippen molar-refractivity contribution in [2.75, 3.05) is 12.4 Å². The highest BCUT2D eigenvalue weighted by Gasteiger charge is 2.59. The summed E-state index contributed by atoms with van der Waals surface area (Å²) < 4.78 is 6.90. The highest BCUT2D eigenvalue weighted by molar-refractivity contribution is 5.82. The molecule has 4 N–H and O–H groups in total. The molecule has 1 aromatic carbocycles. The molecule has 0 saturated carbocycles. The fourth-order valence-electron chi connectivity index (χ4n) is 3.66. The van der Waals surface area contributed by atoms with E-state index in [2.05, 4.69) is 25.7 Å². The number of amides is 1. The molecule has 160 valence electrons. The number of likely N-dealkylation sites (N-methyl/N-ethyl adjacent to an activating group) is 1. The Morgan fingerprint density at radius 3 is 2.90 bits per heavy atom. The Hall–Kier alpha value is -3.59. The summed E-state index contributed by atoms with van der Waals surface area (Å²) in [5.74, 6) is -0.251. The van der Waals surface area contributed by atoms with Crippen LogP contribution in [0.5, 0.6) is 0 Å². The molecule has 11 nitrogen and oxygen atoms in total. The van der Waals surface area contributed by atoms with Gasteiger partial charge in [-0.2, -0.15) is 10.4 Å². The number of anilines is 1. The van der Waals surface area contributed by atoms with Crippen molar-refractivity contribution in [3.05, 3.63) is 53.6 Å². The first-order chi connectivity index (χ1) is 14.9. The summed E-state index contributed by atoms with van der Waals surface area (Å²) in [7, 11) is 1.37. The highest BCUT2D eigenvalue weighted by atomic mass is 16.6. The summed E-state index contributed by atoms with van der Waals surface area (Å²) in [6.07, 6.45) is -2.14. The number of carbonyl (C=O) groups is 1. The lowest BCUT2D eigenvalue weighted by molar-refractivity contribution is -0.138. The Bertz CT molecular complexity index is 1170. The monoisotopic (exact) mass is 423 g/mol. The molecule has 1 saturated heterocycles. The van der Waals surface area contributed by atoms with Crippen LogP contribution in [0.4, 0.5) is 5.82 Å². The van der Waals surface area contributed by atoms with E-state index in [9.17, 15) is 20.3 Å². The maximum atomic E-state index is 12.0. The third kappa shape index (κ3) is 3.36. The number of fused-ring (bicyclic) bond motifs is 1. The SMILES string of the molecule is CNC(=O)C1OC(C#N)(c2cnc3c(NCc4cccc(C)c4)ncnn23)C(O)C1O. The van der Waals surface area contributed by atoms with E-state index in [-0.39, 0.29) is 5.69 Å². The number of ether oxygens (including phenoxy) is 1. The number of nitrogens with zero attached hydrogens (tertiary/aromatic N) is 5. The van der Waals surface area contributed by atoms with Crippen LogP contribution in [-0.4, -0.2) is 61.1 Å². The van der Waals surface area contributed by atoms with E-state index in [1.54, 1.807) is 0 Å². The van der Waals surface area contributed by atoms with Crippen molar-refractivity contribution in [3.8, 4) is 6.07 Å². The minimum atomic E-state index is -2.04. The zero-order valence-corrected chi connectivity index (χ0v) is 16.9. The Labute approximate surface area is 177 Å². The highest BCUT2D eigenvalue weighted by Crippen LogP contribution is 2.40. The van der Waals surface area contributed by atoms with Gasteiger partial charge in [-0.3, -0.25) is 4.79 Å². The van der Waals surface area contributed by atoms with Gasteiger partial charge in [-0.25, -0.2) is 14.5 Å². The average molecular weight is 423 g/mol. The molecule has 1 aliphatic rings. The smallest absolute Gasteiger partial charge is 0.251 e. The summed E-state index contributed by atoms with van der Waals surface area (Å²) in [6.45, 7) is 2.48. The fraction of sp³-hybridized carbons (Fsp3) is 0.350. The van der Waals surface area contributed by atoms with Gasteiger partial charge in [0.15, 0.2) is 17.6 Å². The maximum absolute atomic E-state index is 12.0. The normalized spacial score (nSPS) is 25.3. The molecule has 31 heavy (non-hydrogen) atoms. The summed E-state index contributed by atoms with van der Waals surface area (Å²) in [6, 6.07) is 9.86. The largest absolute Gasteiger partial charge is 0.387 e. The van der Waals surface area contributed by atoms with Crippen LogP contribution >= 0.6 is 0 Å². The van der Waals surface area contributed by atoms with Crippen LogP contribution in [-0.2, 0) is 21.7 Å². The van der Waals surface area contributed by atoms with Crippen LogP contribution in [0, 0.1) is 18.3 Å². The predicted molar refractivity (Wildman–Crippen MR) is 108 cm³/mol. The number of hydrogen-bond donors (Lipinski definition) is 4. The van der Waals surface area contributed by atoms with E-state index < -0.39 is 29.8 Å². The summed E-state index contributed by atoms with van der Waals surface area (Å²) in [5, 5.41) is 40.5. The first kappa shape index (κ1) is 20.7. The van der Waals surface area contributed by atoms with Gasteiger partial charge in [0.25, 0.3) is 5.91 Å². The van der Waals surface area contributed by atoms with Crippen LogP contribution < -0.4 is 10.6 Å². The molecule has 3 heterocycles. The van der Waals surface area contributed by atoms with E-state index in [0.29, 0.717) is 18.0 Å². The molecule has 4 rings (SSSR count). The molecule has 3 aromatic rings. The molecule has 4 unspecified atom stereocenters. The Kier molecular flexibility index (Phi) is 5.28. The minimum Gasteiger partial charge on any atom is -0.387 e. The van der Waals surface area contributed by atoms with E-state index in [0.717, 1.165) is 11.1 Å². The molecule has 0 aliphatic carbocycles. The molecule has 11 heteroatoms. The molecular weight excluding hydrogens is 402 g/mol. The molecule has 1 fully saturated rings. The van der Waals surface area contributed by atoms with E-state index in [1.807, 2.05) is 37.3 Å². The van der Waals surface area contributed by atoms with Gasteiger partial charge in [-0.05, 0) is 12.5 Å². The number of aromatic nitrogens is 4. The summed E-state index contributed by atoms with van der Waals surface area (Å²) in [4.78, 5) is 20.5. The number of aliphatic hydroxyl groups excluding tert-OH is 2. The van der Waals surface area contributed by atoms with Gasteiger partial charge >= 0.3 is 0 Å². The zero-order valence-electron chi connectivity index (χ0n) is 16.9. The van der Waals surface area contributed by atoms with E-state index >= 15 is 0 Å². The lowest BCUT2D eigenvalue weighted by Gasteiger charge is -2.23. The number of rotatable bonds is 5. The Morgan fingerprint density at radius 2 is 2.19 bits per heavy atom. The predicted octanol–water partition coefficient (Wildman–Crippen LogP) is -0.370. The van der Waals surface area contributed by atoms with Gasteiger partial charge in [0.05, 0.1) is 6.20 Å². The Balaban J connectivity index is 1.70. The molecule has 1 aliphatic heterocycles. The fourth-order valence-corrected chi connectivity index (χ4v) is 3.66. The average Bonchev–Trinajstić information content (AvgIpc) is 3.32. The number of imidazole rings is 1. The van der Waals surface area contributed by atoms with Crippen molar-refractivity contribution in [1.82, 2.24) is 24.9 Å². The van der Waals surface area contributed by atoms with E-state index in [1.165, 1.54) is 24.1 Å². The number of aliphatic hydroxyl groups is 2. The third-order valence-corrected chi connectivity index (χ3v) is 5.26. The molecular formula is C20H21N7O4. The minimum absolute atomic E-state index is 0.0731. The molecule has 4 atom stereocenters. The third-order valence-electron chi connectivity index (χ3n) is 5.26. The van der Waals surface area contributed by atoms with Gasteiger partial charge in [0, 0.05) is 13.6 Å². The van der Waals surface area contributed by atoms with Crippen LogP contribution in [0.25, 0.3) is 5.65 Å². The second-order valence-electron chi connectivity index (χ2n) is 7.27. The van der Waals surface area contributed by atoms with Crippen LogP contribution in [0.15, 0.2) is 36.8 Å². The molecule has 0 radical (unpaired) electrons. The first-order valence-electron chi connectivity index (χ1n) is 9.56. The van der Waals surface area contributed by atoms with Crippen LogP contribution in [0.3, 0.4) is 0 Å². The molecule has 0 spiro atoms. The van der Waals surface area contributed by atoms with Crippen molar-refractivity contribution in [1.29, 1.82) is 5.26 Å².